The molecule has 0 saturated heterocycles. The van der Waals surface area contributed by atoms with E-state index in [-0.39, 0.29) is 0 Å². The Balaban J connectivity index is 1.80. The van der Waals surface area contributed by atoms with Crippen molar-refractivity contribution in [3.05, 3.63) is 0 Å². The molecular formula is C11H18N2. The molecule has 13 heavy (non-hydrogen) atoms. The summed E-state index contributed by atoms with van der Waals surface area (Å²) in [5, 5.41) is 12.1. The van der Waals surface area contributed by atoms with Crippen LogP contribution < -0.4 is 5.32 Å². The first-order valence-electron chi connectivity index (χ1n) is 5.42. The first kappa shape index (κ1) is 9.02. The lowest BCUT2D eigenvalue weighted by molar-refractivity contribution is 0.326. The lowest BCUT2D eigenvalue weighted by Crippen LogP contribution is -2.39. The number of nitrogens with zero attached hydrogens (tertiary/aromatic N) is 1. The summed E-state index contributed by atoms with van der Waals surface area (Å²) in [4.78, 5) is 0. The van der Waals surface area contributed by atoms with Gasteiger partial charge >= 0.3 is 0 Å². The Morgan fingerprint density at radius 2 is 2.31 bits per heavy atom. The Morgan fingerprint density at radius 1 is 1.46 bits per heavy atom. The first-order chi connectivity index (χ1) is 6.29. The zero-order valence-electron chi connectivity index (χ0n) is 8.29. The Kier molecular flexibility index (Phi) is 2.55. The van der Waals surface area contributed by atoms with Gasteiger partial charge in [-0.1, -0.05) is 6.42 Å². The highest BCUT2D eigenvalue weighted by Crippen LogP contribution is 2.44. The summed E-state index contributed by atoms with van der Waals surface area (Å²) < 4.78 is 0. The minimum Gasteiger partial charge on any atom is -0.310 e. The van der Waals surface area contributed by atoms with Crippen LogP contribution in [0.4, 0.5) is 0 Å². The van der Waals surface area contributed by atoms with Crippen molar-refractivity contribution < 1.29 is 0 Å². The van der Waals surface area contributed by atoms with E-state index >= 15 is 0 Å². The molecule has 4 unspecified atom stereocenters. The zero-order chi connectivity index (χ0) is 9.26. The predicted octanol–water partition coefficient (Wildman–Crippen LogP) is 2.07. The highest BCUT2D eigenvalue weighted by atomic mass is 15.0. The van der Waals surface area contributed by atoms with Crippen LogP contribution >= 0.6 is 0 Å². The van der Waals surface area contributed by atoms with Crippen molar-refractivity contribution in [3.63, 3.8) is 0 Å². The van der Waals surface area contributed by atoms with Crippen molar-refractivity contribution >= 4 is 0 Å². The molecule has 2 aliphatic carbocycles. The van der Waals surface area contributed by atoms with Crippen LogP contribution in [-0.4, -0.2) is 12.1 Å². The zero-order valence-corrected chi connectivity index (χ0v) is 8.29. The number of fused-ring (bicyclic) bond motifs is 2. The van der Waals surface area contributed by atoms with Crippen molar-refractivity contribution in [2.45, 2.75) is 51.1 Å². The van der Waals surface area contributed by atoms with E-state index in [9.17, 15) is 0 Å². The molecule has 2 aliphatic rings. The highest BCUT2D eigenvalue weighted by Gasteiger charge is 2.39. The molecule has 2 saturated carbocycles. The van der Waals surface area contributed by atoms with Crippen molar-refractivity contribution in [1.29, 1.82) is 5.26 Å². The van der Waals surface area contributed by atoms with Gasteiger partial charge in [-0.3, -0.25) is 0 Å². The molecule has 0 aliphatic heterocycles. The summed E-state index contributed by atoms with van der Waals surface area (Å²) in [6.45, 7) is 2.12. The molecule has 2 rings (SSSR count). The number of rotatable bonds is 3. The lowest BCUT2D eigenvalue weighted by Gasteiger charge is -2.25. The molecule has 2 nitrogen and oxygen atoms in total. The van der Waals surface area contributed by atoms with Crippen LogP contribution in [0.3, 0.4) is 0 Å². The second-order valence-corrected chi connectivity index (χ2v) is 4.71. The largest absolute Gasteiger partial charge is 0.310 e. The standard InChI is InChI=1S/C11H18N2/c1-8(4-5-12)13-11-7-9-2-3-10(11)6-9/h8-11,13H,2-4,6-7H2,1H3. The smallest absolute Gasteiger partial charge is 0.0638 e. The van der Waals surface area contributed by atoms with E-state index in [0.29, 0.717) is 12.5 Å². The number of hydrogen-bond donors (Lipinski definition) is 1. The van der Waals surface area contributed by atoms with Crippen molar-refractivity contribution in [2.24, 2.45) is 11.8 Å². The maximum atomic E-state index is 8.55. The molecule has 0 spiro atoms. The van der Waals surface area contributed by atoms with Crippen LogP contribution in [0.1, 0.15) is 39.0 Å². The van der Waals surface area contributed by atoms with Gasteiger partial charge in [0, 0.05) is 12.1 Å². The maximum Gasteiger partial charge on any atom is 0.0638 e. The summed E-state index contributed by atoms with van der Waals surface area (Å²) in [7, 11) is 0. The van der Waals surface area contributed by atoms with Gasteiger partial charge in [0.2, 0.25) is 0 Å². The van der Waals surface area contributed by atoms with Gasteiger partial charge in [0.15, 0.2) is 0 Å². The molecule has 1 N–H and O–H groups in total. The minimum atomic E-state index is 0.384. The second kappa shape index (κ2) is 3.67. The molecule has 72 valence electrons. The molecule has 0 aromatic carbocycles. The molecular weight excluding hydrogens is 160 g/mol. The van der Waals surface area contributed by atoms with E-state index in [1.165, 1.54) is 25.7 Å². The molecule has 2 fully saturated rings. The molecule has 0 aromatic rings. The number of nitriles is 1. The second-order valence-electron chi connectivity index (χ2n) is 4.71. The Bertz CT molecular complexity index is 219. The van der Waals surface area contributed by atoms with Crippen LogP contribution in [0.15, 0.2) is 0 Å². The molecule has 4 atom stereocenters. The molecule has 0 aromatic heterocycles. The SMILES string of the molecule is CC(CC#N)NC1CC2CCC1C2. The summed E-state index contributed by atoms with van der Waals surface area (Å²) in [6, 6.07) is 3.33. The third kappa shape index (κ3) is 1.86. The van der Waals surface area contributed by atoms with Crippen molar-refractivity contribution in [2.75, 3.05) is 0 Å². The van der Waals surface area contributed by atoms with E-state index in [2.05, 4.69) is 18.3 Å². The van der Waals surface area contributed by atoms with Crippen LogP contribution in [0.2, 0.25) is 0 Å². The summed E-state index contributed by atoms with van der Waals surface area (Å²) in [5.41, 5.74) is 0. The van der Waals surface area contributed by atoms with Crippen LogP contribution in [0.5, 0.6) is 0 Å². The third-order valence-corrected chi connectivity index (χ3v) is 3.63. The van der Waals surface area contributed by atoms with Gasteiger partial charge in [0.25, 0.3) is 0 Å². The van der Waals surface area contributed by atoms with E-state index in [1.807, 2.05) is 0 Å². The molecule has 2 heteroatoms. The van der Waals surface area contributed by atoms with Gasteiger partial charge in [0.05, 0.1) is 12.5 Å². The van der Waals surface area contributed by atoms with Gasteiger partial charge in [-0.15, -0.1) is 0 Å². The predicted molar refractivity (Wildman–Crippen MR) is 52.1 cm³/mol. The number of hydrogen-bond acceptors (Lipinski definition) is 2. The fraction of sp³-hybridized carbons (Fsp3) is 0.909. The van der Waals surface area contributed by atoms with Gasteiger partial charge < -0.3 is 5.32 Å². The fourth-order valence-corrected chi connectivity index (χ4v) is 3.01. The van der Waals surface area contributed by atoms with Crippen LogP contribution in [0.25, 0.3) is 0 Å². The molecule has 0 amide bonds. The van der Waals surface area contributed by atoms with Crippen LogP contribution in [0, 0.1) is 23.2 Å². The van der Waals surface area contributed by atoms with E-state index in [0.717, 1.165) is 17.9 Å². The first-order valence-corrected chi connectivity index (χ1v) is 5.42. The topological polar surface area (TPSA) is 35.8 Å². The quantitative estimate of drug-likeness (QED) is 0.718. The average Bonchev–Trinajstić information content (AvgIpc) is 2.65. The molecule has 0 heterocycles. The van der Waals surface area contributed by atoms with Gasteiger partial charge in [0.1, 0.15) is 0 Å². The summed E-state index contributed by atoms with van der Waals surface area (Å²) in [6.07, 6.45) is 6.32. The molecule has 0 radical (unpaired) electrons. The monoisotopic (exact) mass is 178 g/mol. The fourth-order valence-electron chi connectivity index (χ4n) is 3.01. The van der Waals surface area contributed by atoms with Gasteiger partial charge in [-0.25, -0.2) is 0 Å². The van der Waals surface area contributed by atoms with Gasteiger partial charge in [-0.05, 0) is 38.0 Å². The average molecular weight is 178 g/mol. The Labute approximate surface area is 80.3 Å². The van der Waals surface area contributed by atoms with Crippen molar-refractivity contribution in [1.82, 2.24) is 5.32 Å². The molecule has 2 bridgehead atoms. The van der Waals surface area contributed by atoms with Gasteiger partial charge in [-0.2, -0.15) is 5.26 Å². The highest BCUT2D eigenvalue weighted by molar-refractivity contribution is 4.95. The normalized spacial score (nSPS) is 38.9. The van der Waals surface area contributed by atoms with E-state index in [4.69, 9.17) is 5.26 Å². The third-order valence-electron chi connectivity index (χ3n) is 3.63. The number of nitrogens with one attached hydrogen (secondary N) is 1. The van der Waals surface area contributed by atoms with Crippen LogP contribution in [-0.2, 0) is 0 Å². The summed E-state index contributed by atoms with van der Waals surface area (Å²) in [5.74, 6) is 1.92. The van der Waals surface area contributed by atoms with Crippen molar-refractivity contribution in [3.8, 4) is 6.07 Å². The summed E-state index contributed by atoms with van der Waals surface area (Å²) >= 11 is 0. The lowest BCUT2D eigenvalue weighted by atomic mass is 9.94. The Morgan fingerprint density at radius 3 is 2.85 bits per heavy atom. The maximum absolute atomic E-state index is 8.55. The minimum absolute atomic E-state index is 0.384. The van der Waals surface area contributed by atoms with E-state index in [1.54, 1.807) is 0 Å². The van der Waals surface area contributed by atoms with E-state index < -0.39 is 0 Å². The Hall–Kier alpha value is -0.550.